The molecule has 2 aliphatic carbocycles. The second-order valence-corrected chi connectivity index (χ2v) is 11.0. The number of benzene rings is 2. The first-order chi connectivity index (χ1) is 17.9. The minimum atomic E-state index is -3.01. The molecule has 1 aromatic heterocycles. The van der Waals surface area contributed by atoms with Crippen molar-refractivity contribution in [3.8, 4) is 0 Å². The van der Waals surface area contributed by atoms with Gasteiger partial charge in [-0.1, -0.05) is 12.1 Å². The molecule has 2 aromatic carbocycles. The number of aryl methyl sites for hydroxylation is 1. The zero-order valence-corrected chi connectivity index (χ0v) is 21.4. The van der Waals surface area contributed by atoms with Crippen molar-refractivity contribution in [2.24, 2.45) is 5.92 Å². The number of alkyl halides is 2. The van der Waals surface area contributed by atoms with E-state index in [-0.39, 0.29) is 12.1 Å². The number of carbonyl (C=O) groups excluding carboxylic acids is 1. The van der Waals surface area contributed by atoms with Gasteiger partial charge in [0.25, 0.3) is 5.91 Å². The van der Waals surface area contributed by atoms with Crippen molar-refractivity contribution in [2.45, 2.75) is 63.5 Å². The fourth-order valence-electron chi connectivity index (χ4n) is 6.34. The van der Waals surface area contributed by atoms with Gasteiger partial charge in [-0.3, -0.25) is 4.79 Å². The molecule has 0 unspecified atom stereocenters. The number of hydrogen-bond donors (Lipinski definition) is 1. The van der Waals surface area contributed by atoms with Crippen LogP contribution in [0.1, 0.15) is 53.7 Å². The summed E-state index contributed by atoms with van der Waals surface area (Å²) in [5.74, 6) is 0.996. The number of ether oxygens (including phenoxy) is 1. The van der Waals surface area contributed by atoms with Gasteiger partial charge in [0.05, 0.1) is 23.2 Å². The number of fused-ring (bicyclic) bond motifs is 2. The second kappa shape index (κ2) is 9.80. The lowest BCUT2D eigenvalue weighted by Gasteiger charge is -2.40. The third-order valence-electron chi connectivity index (χ3n) is 8.26. The Labute approximate surface area is 216 Å². The zero-order valence-electron chi connectivity index (χ0n) is 21.4. The summed E-state index contributed by atoms with van der Waals surface area (Å²) in [4.78, 5) is 19.0. The number of likely N-dealkylation sites (tertiary alicyclic amines) is 1. The standard InChI is InChI=1S/C29H34F2N4O2/c1-17-3-8-24-23(11-17)33-28(19-4-5-19)35(24)25-9-10-34(16-26(25)37-2)15-18-12-20-6-7-22(14-21(20)13-18)32-29(36)27(30)31/h3,6-8,11,14,18-19,25-27H,4-5,9-10,12-13,15-16H2,1-2H3,(H,32,36)/t18-,25+,26+/m1/s1. The smallest absolute Gasteiger partial charge is 0.315 e. The van der Waals surface area contributed by atoms with Crippen molar-refractivity contribution < 1.29 is 18.3 Å². The van der Waals surface area contributed by atoms with Crippen molar-refractivity contribution in [1.82, 2.24) is 14.5 Å². The Hall–Kier alpha value is -2.84. The van der Waals surface area contributed by atoms with Gasteiger partial charge in [0.15, 0.2) is 0 Å². The van der Waals surface area contributed by atoms with E-state index in [0.29, 0.717) is 17.5 Å². The number of hydrogen-bond acceptors (Lipinski definition) is 4. The number of anilines is 1. The number of halogens is 2. The number of methoxy groups -OCH3 is 1. The van der Waals surface area contributed by atoms with E-state index in [2.05, 4.69) is 39.9 Å². The van der Waals surface area contributed by atoms with E-state index in [4.69, 9.17) is 9.72 Å². The van der Waals surface area contributed by atoms with E-state index in [1.165, 1.54) is 35.3 Å². The average Bonchev–Trinajstić information content (AvgIpc) is 3.55. The van der Waals surface area contributed by atoms with Crippen LogP contribution in [0, 0.1) is 12.8 Å². The quantitative estimate of drug-likeness (QED) is 0.482. The van der Waals surface area contributed by atoms with E-state index in [1.54, 1.807) is 6.07 Å². The monoisotopic (exact) mass is 508 g/mol. The molecule has 2 fully saturated rings. The number of nitrogens with one attached hydrogen (secondary N) is 1. The lowest BCUT2D eigenvalue weighted by molar-refractivity contribution is -0.126. The van der Waals surface area contributed by atoms with Crippen LogP contribution in [0.15, 0.2) is 36.4 Å². The number of aromatic nitrogens is 2. The number of amides is 1. The molecule has 8 heteroatoms. The summed E-state index contributed by atoms with van der Waals surface area (Å²) in [5, 5.41) is 2.31. The Kier molecular flexibility index (Phi) is 6.49. The van der Waals surface area contributed by atoms with Crippen LogP contribution < -0.4 is 5.32 Å². The number of nitrogens with zero attached hydrogens (tertiary/aromatic N) is 3. The maximum Gasteiger partial charge on any atom is 0.315 e. The molecule has 37 heavy (non-hydrogen) atoms. The van der Waals surface area contributed by atoms with Crippen molar-refractivity contribution in [2.75, 3.05) is 32.1 Å². The summed E-state index contributed by atoms with van der Waals surface area (Å²) in [5.41, 5.74) is 6.37. The van der Waals surface area contributed by atoms with Gasteiger partial charge in [0, 0.05) is 38.3 Å². The SMILES string of the molecule is CO[C@H]1CN(C[C@@H]2Cc3ccc(NC(=O)C(F)F)cc3C2)CC[C@@H]1n1c(C2CC2)nc2cc(C)ccc21. The number of imidazole rings is 1. The molecule has 6 nitrogen and oxygen atoms in total. The molecule has 196 valence electrons. The van der Waals surface area contributed by atoms with Gasteiger partial charge in [-0.25, -0.2) is 4.98 Å². The Morgan fingerprint density at radius 2 is 1.95 bits per heavy atom. The van der Waals surface area contributed by atoms with E-state index < -0.39 is 12.3 Å². The summed E-state index contributed by atoms with van der Waals surface area (Å²) in [6.07, 6.45) is 2.38. The van der Waals surface area contributed by atoms with Crippen LogP contribution in [0.3, 0.4) is 0 Å². The molecule has 2 heterocycles. The molecule has 3 atom stereocenters. The van der Waals surface area contributed by atoms with Crippen LogP contribution in [0.4, 0.5) is 14.5 Å². The maximum atomic E-state index is 12.6. The molecule has 0 bridgehead atoms. The molecule has 6 rings (SSSR count). The summed E-state index contributed by atoms with van der Waals surface area (Å²) in [7, 11) is 1.82. The highest BCUT2D eigenvalue weighted by atomic mass is 19.3. The first kappa shape index (κ1) is 24.5. The van der Waals surface area contributed by atoms with Gasteiger partial charge in [0.2, 0.25) is 0 Å². The largest absolute Gasteiger partial charge is 0.378 e. The molecule has 1 saturated carbocycles. The zero-order chi connectivity index (χ0) is 25.7. The van der Waals surface area contributed by atoms with Crippen LogP contribution >= 0.6 is 0 Å². The van der Waals surface area contributed by atoms with Crippen molar-refractivity contribution >= 4 is 22.6 Å². The average molecular weight is 509 g/mol. The van der Waals surface area contributed by atoms with Crippen molar-refractivity contribution in [3.63, 3.8) is 0 Å². The Balaban J connectivity index is 1.14. The van der Waals surface area contributed by atoms with Gasteiger partial charge in [-0.15, -0.1) is 0 Å². The lowest BCUT2D eigenvalue weighted by atomic mass is 9.98. The predicted octanol–water partition coefficient (Wildman–Crippen LogP) is 5.10. The molecule has 0 spiro atoms. The molecule has 1 saturated heterocycles. The van der Waals surface area contributed by atoms with E-state index in [0.717, 1.165) is 50.0 Å². The minimum absolute atomic E-state index is 0.0879. The first-order valence-corrected chi connectivity index (χ1v) is 13.3. The number of piperidine rings is 1. The van der Waals surface area contributed by atoms with Crippen molar-refractivity contribution in [1.29, 1.82) is 0 Å². The molecule has 0 radical (unpaired) electrons. The summed E-state index contributed by atoms with van der Waals surface area (Å²) < 4.78 is 33.8. The highest BCUT2D eigenvalue weighted by molar-refractivity contribution is 5.93. The Bertz CT molecular complexity index is 1320. The summed E-state index contributed by atoms with van der Waals surface area (Å²) in [6.45, 7) is 4.97. The Morgan fingerprint density at radius 1 is 1.14 bits per heavy atom. The van der Waals surface area contributed by atoms with Crippen LogP contribution in [0.25, 0.3) is 11.0 Å². The highest BCUT2D eigenvalue weighted by Gasteiger charge is 2.38. The van der Waals surface area contributed by atoms with Crippen LogP contribution in [-0.2, 0) is 22.4 Å². The molecule has 1 amide bonds. The topological polar surface area (TPSA) is 59.4 Å². The van der Waals surface area contributed by atoms with E-state index in [1.807, 2.05) is 19.2 Å². The summed E-state index contributed by atoms with van der Waals surface area (Å²) in [6, 6.07) is 12.4. The molecular weight excluding hydrogens is 474 g/mol. The van der Waals surface area contributed by atoms with Gasteiger partial charge < -0.3 is 19.5 Å². The molecule has 1 N–H and O–H groups in total. The molecule has 1 aliphatic heterocycles. The first-order valence-electron chi connectivity index (χ1n) is 13.3. The maximum absolute atomic E-state index is 12.6. The fourth-order valence-corrected chi connectivity index (χ4v) is 6.34. The number of carbonyl (C=O) groups is 1. The van der Waals surface area contributed by atoms with Gasteiger partial charge >= 0.3 is 6.43 Å². The fraction of sp³-hybridized carbons (Fsp3) is 0.517. The predicted molar refractivity (Wildman–Crippen MR) is 139 cm³/mol. The van der Waals surface area contributed by atoms with Crippen LogP contribution in [0.2, 0.25) is 0 Å². The van der Waals surface area contributed by atoms with Crippen LogP contribution in [0.5, 0.6) is 0 Å². The third-order valence-corrected chi connectivity index (χ3v) is 8.26. The Morgan fingerprint density at radius 3 is 2.70 bits per heavy atom. The van der Waals surface area contributed by atoms with Crippen LogP contribution in [-0.4, -0.2) is 59.6 Å². The van der Waals surface area contributed by atoms with E-state index >= 15 is 0 Å². The van der Waals surface area contributed by atoms with Crippen molar-refractivity contribution in [3.05, 3.63) is 58.9 Å². The van der Waals surface area contributed by atoms with Gasteiger partial charge in [0.1, 0.15) is 5.82 Å². The van der Waals surface area contributed by atoms with Gasteiger partial charge in [-0.2, -0.15) is 8.78 Å². The third kappa shape index (κ3) is 4.89. The second-order valence-electron chi connectivity index (χ2n) is 11.0. The highest BCUT2D eigenvalue weighted by Crippen LogP contribution is 2.43. The van der Waals surface area contributed by atoms with E-state index in [9.17, 15) is 13.6 Å². The summed E-state index contributed by atoms with van der Waals surface area (Å²) >= 11 is 0. The molecule has 3 aliphatic rings. The minimum Gasteiger partial charge on any atom is -0.378 e. The number of rotatable bonds is 7. The normalized spacial score (nSPS) is 24.1. The molecule has 3 aromatic rings. The van der Waals surface area contributed by atoms with Gasteiger partial charge in [-0.05, 0) is 85.9 Å². The lowest BCUT2D eigenvalue weighted by Crippen LogP contribution is -2.47. The molecular formula is C29H34F2N4O2.